The van der Waals surface area contributed by atoms with Crippen molar-refractivity contribution in [1.29, 1.82) is 0 Å². The summed E-state index contributed by atoms with van der Waals surface area (Å²) in [6, 6.07) is 26.4. The van der Waals surface area contributed by atoms with Crippen LogP contribution in [0.25, 0.3) is 22.0 Å². The summed E-state index contributed by atoms with van der Waals surface area (Å²) >= 11 is 1.63. The number of hydrogen-bond acceptors (Lipinski definition) is 3. The number of nitrogens with zero attached hydrogens (tertiary/aromatic N) is 1. The highest BCUT2D eigenvalue weighted by Crippen LogP contribution is 2.35. The first kappa shape index (κ1) is 20.9. The monoisotopic (exact) mass is 442 g/mol. The highest BCUT2D eigenvalue weighted by Gasteiger charge is 2.24. The number of carbonyl (C=O) groups excluding carboxylic acids is 1. The molecular weight excluding hydrogens is 416 g/mol. The van der Waals surface area contributed by atoms with Crippen LogP contribution >= 0.6 is 11.9 Å². The second kappa shape index (κ2) is 9.23. The smallest absolute Gasteiger partial charge is 0.251 e. The van der Waals surface area contributed by atoms with Gasteiger partial charge in [-0.05, 0) is 60.7 Å². The van der Waals surface area contributed by atoms with Gasteiger partial charge in [0.15, 0.2) is 0 Å². The zero-order chi connectivity index (χ0) is 21.9. The fourth-order valence-corrected chi connectivity index (χ4v) is 5.29. The van der Waals surface area contributed by atoms with Gasteiger partial charge in [-0.25, -0.2) is 0 Å². The van der Waals surface area contributed by atoms with Crippen molar-refractivity contribution >= 4 is 28.8 Å². The van der Waals surface area contributed by atoms with Crippen molar-refractivity contribution in [2.24, 2.45) is 0 Å². The van der Waals surface area contributed by atoms with Gasteiger partial charge >= 0.3 is 0 Å². The van der Waals surface area contributed by atoms with Crippen LogP contribution in [0.1, 0.15) is 36.0 Å². The number of benzene rings is 3. The van der Waals surface area contributed by atoms with Crippen LogP contribution < -0.4 is 5.32 Å². The molecule has 0 aliphatic heterocycles. The van der Waals surface area contributed by atoms with E-state index < -0.39 is 6.10 Å². The minimum atomic E-state index is -0.441. The minimum absolute atomic E-state index is 0.120. The van der Waals surface area contributed by atoms with E-state index in [-0.39, 0.29) is 11.9 Å². The van der Waals surface area contributed by atoms with Gasteiger partial charge in [0.25, 0.3) is 5.91 Å². The molecule has 3 aromatic carbocycles. The van der Waals surface area contributed by atoms with Gasteiger partial charge in [-0.15, -0.1) is 0 Å². The second-order valence-corrected chi connectivity index (χ2v) is 9.35. The average molecular weight is 443 g/mol. The first-order valence-electron chi connectivity index (χ1n) is 11.1. The van der Waals surface area contributed by atoms with Crippen LogP contribution in [0.15, 0.2) is 90.0 Å². The summed E-state index contributed by atoms with van der Waals surface area (Å²) in [5.41, 5.74) is 4.18. The summed E-state index contributed by atoms with van der Waals surface area (Å²) in [7, 11) is 0. The molecule has 162 valence electrons. The Morgan fingerprint density at radius 3 is 2.41 bits per heavy atom. The Balaban J connectivity index is 1.35. The molecule has 32 heavy (non-hydrogen) atoms. The maximum absolute atomic E-state index is 12.6. The topological polar surface area (TPSA) is 54.3 Å². The third kappa shape index (κ3) is 4.31. The Morgan fingerprint density at radius 1 is 0.906 bits per heavy atom. The summed E-state index contributed by atoms with van der Waals surface area (Å²) in [4.78, 5) is 13.7. The second-order valence-electron chi connectivity index (χ2n) is 8.30. The molecule has 0 saturated heterocycles. The van der Waals surface area contributed by atoms with E-state index in [1.165, 1.54) is 16.5 Å². The fourth-order valence-electron chi connectivity index (χ4n) is 4.39. The third-order valence-corrected chi connectivity index (χ3v) is 7.11. The average Bonchev–Trinajstić information content (AvgIpc) is 3.20. The minimum Gasteiger partial charge on any atom is -0.391 e. The van der Waals surface area contributed by atoms with E-state index in [9.17, 15) is 9.90 Å². The van der Waals surface area contributed by atoms with E-state index in [0.717, 1.165) is 36.1 Å². The molecule has 4 aromatic rings. The van der Waals surface area contributed by atoms with E-state index in [0.29, 0.717) is 5.56 Å². The van der Waals surface area contributed by atoms with Crippen LogP contribution in [0.4, 0.5) is 0 Å². The maximum atomic E-state index is 12.6. The normalized spacial score (nSPS) is 18.5. The van der Waals surface area contributed by atoms with Crippen molar-refractivity contribution in [2.75, 3.05) is 0 Å². The maximum Gasteiger partial charge on any atom is 0.251 e. The molecule has 1 aliphatic carbocycles. The fraction of sp³-hybridized carbons (Fsp3) is 0.222. The Hall–Kier alpha value is -3.02. The molecule has 1 fully saturated rings. The lowest BCUT2D eigenvalue weighted by molar-refractivity contribution is 0.0717. The van der Waals surface area contributed by atoms with Gasteiger partial charge < -0.3 is 10.4 Å². The first-order chi connectivity index (χ1) is 15.7. The molecule has 5 rings (SSSR count). The number of amides is 1. The predicted octanol–water partition coefficient (Wildman–Crippen LogP) is 5.90. The van der Waals surface area contributed by atoms with Gasteiger partial charge in [0.2, 0.25) is 0 Å². The molecule has 2 N–H and O–H groups in total. The van der Waals surface area contributed by atoms with E-state index in [2.05, 4.69) is 64.0 Å². The largest absolute Gasteiger partial charge is 0.391 e. The van der Waals surface area contributed by atoms with Gasteiger partial charge in [0.05, 0.1) is 17.7 Å². The predicted molar refractivity (Wildman–Crippen MR) is 131 cm³/mol. The van der Waals surface area contributed by atoms with Gasteiger partial charge in [-0.2, -0.15) is 0 Å². The first-order valence-corrected chi connectivity index (χ1v) is 11.9. The summed E-state index contributed by atoms with van der Waals surface area (Å²) in [5, 5.41) is 14.3. The van der Waals surface area contributed by atoms with Crippen LogP contribution in [0.5, 0.6) is 0 Å². The summed E-state index contributed by atoms with van der Waals surface area (Å²) < 4.78 is 2.19. The number of aromatic nitrogens is 1. The molecule has 1 heterocycles. The number of fused-ring (bicyclic) bond motifs is 1. The van der Waals surface area contributed by atoms with E-state index in [1.54, 1.807) is 11.9 Å². The van der Waals surface area contributed by atoms with E-state index in [1.807, 2.05) is 30.3 Å². The molecule has 4 nitrogen and oxygen atoms in total. The van der Waals surface area contributed by atoms with Crippen molar-refractivity contribution < 1.29 is 9.90 Å². The van der Waals surface area contributed by atoms with E-state index in [4.69, 9.17) is 0 Å². The Bertz CT molecular complexity index is 1220. The highest BCUT2D eigenvalue weighted by atomic mass is 32.2. The standard InChI is InChI=1S/C27H26N2O2S/c30-26-13-7-5-11-24(26)28-27(31)20-14-16-21(17-15-20)32-29-18-23(19-8-2-1-3-9-19)22-10-4-6-12-25(22)29/h1-4,6,8-10,12,14-18,24,26,30H,5,7,11,13H2,(H,28,31). The molecule has 1 amide bonds. The molecule has 1 saturated carbocycles. The molecule has 0 bridgehead atoms. The summed E-state index contributed by atoms with van der Waals surface area (Å²) in [5.74, 6) is -0.120. The third-order valence-electron chi connectivity index (χ3n) is 6.13. The number of nitrogens with one attached hydrogen (secondary N) is 1. The number of aliphatic hydroxyl groups is 1. The van der Waals surface area contributed by atoms with Gasteiger partial charge in [0, 0.05) is 27.6 Å². The molecule has 5 heteroatoms. The Kier molecular flexibility index (Phi) is 6.02. The molecule has 2 unspecified atom stereocenters. The SMILES string of the molecule is O=C(NC1CCCCC1O)c1ccc(Sn2cc(-c3ccccc3)c3ccccc32)cc1. The molecule has 1 aliphatic rings. The lowest BCUT2D eigenvalue weighted by Gasteiger charge is -2.28. The van der Waals surface area contributed by atoms with E-state index >= 15 is 0 Å². The Morgan fingerprint density at radius 2 is 1.62 bits per heavy atom. The number of hydrogen-bond donors (Lipinski definition) is 2. The quantitative estimate of drug-likeness (QED) is 0.405. The number of aliphatic hydroxyl groups excluding tert-OH is 1. The van der Waals surface area contributed by atoms with Crippen molar-refractivity contribution in [1.82, 2.24) is 9.29 Å². The van der Waals surface area contributed by atoms with Crippen LogP contribution in [0.2, 0.25) is 0 Å². The van der Waals surface area contributed by atoms with Gasteiger partial charge in [-0.3, -0.25) is 8.77 Å². The van der Waals surface area contributed by atoms with Crippen molar-refractivity contribution in [3.63, 3.8) is 0 Å². The lowest BCUT2D eigenvalue weighted by atomic mass is 9.92. The summed E-state index contributed by atoms with van der Waals surface area (Å²) in [6.07, 6.45) is 5.41. The zero-order valence-corrected chi connectivity index (χ0v) is 18.6. The highest BCUT2D eigenvalue weighted by molar-refractivity contribution is 7.98. The number of carbonyl (C=O) groups is 1. The molecule has 2 atom stereocenters. The number of para-hydroxylation sites is 1. The summed E-state index contributed by atoms with van der Waals surface area (Å²) in [6.45, 7) is 0. The molecule has 0 spiro atoms. The van der Waals surface area contributed by atoms with Crippen LogP contribution in [0, 0.1) is 0 Å². The van der Waals surface area contributed by atoms with Gasteiger partial charge in [-0.1, -0.05) is 61.4 Å². The van der Waals surface area contributed by atoms with Crippen LogP contribution in [-0.2, 0) is 0 Å². The lowest BCUT2D eigenvalue weighted by Crippen LogP contribution is -2.45. The zero-order valence-electron chi connectivity index (χ0n) is 17.8. The van der Waals surface area contributed by atoms with Crippen LogP contribution in [-0.4, -0.2) is 27.1 Å². The molecule has 0 radical (unpaired) electrons. The van der Waals surface area contributed by atoms with Crippen LogP contribution in [0.3, 0.4) is 0 Å². The molecule has 1 aromatic heterocycles. The Labute approximate surface area is 192 Å². The van der Waals surface area contributed by atoms with Crippen molar-refractivity contribution in [3.05, 3.63) is 90.6 Å². The molecular formula is C27H26N2O2S. The van der Waals surface area contributed by atoms with Crippen molar-refractivity contribution in [3.8, 4) is 11.1 Å². The number of rotatable bonds is 5. The van der Waals surface area contributed by atoms with Crippen molar-refractivity contribution in [2.45, 2.75) is 42.7 Å². The van der Waals surface area contributed by atoms with Gasteiger partial charge in [0.1, 0.15) is 0 Å².